The third-order valence-electron chi connectivity index (χ3n) is 3.45. The topological polar surface area (TPSA) is 40.5 Å². The summed E-state index contributed by atoms with van der Waals surface area (Å²) in [6, 6.07) is 6.53. The van der Waals surface area contributed by atoms with Gasteiger partial charge in [-0.1, -0.05) is 23.9 Å². The van der Waals surface area contributed by atoms with Crippen molar-refractivity contribution in [1.82, 2.24) is 4.90 Å². The number of carbonyl (C=O) groups excluding carboxylic acids is 1. The average Bonchev–Trinajstić information content (AvgIpc) is 2.35. The van der Waals surface area contributed by atoms with Gasteiger partial charge in [-0.05, 0) is 31.4 Å². The molecule has 0 unspecified atom stereocenters. The van der Waals surface area contributed by atoms with E-state index in [1.54, 1.807) is 23.1 Å². The smallest absolute Gasteiger partial charge is 0.288 e. The highest BCUT2D eigenvalue weighted by molar-refractivity contribution is 7.99. The number of rotatable bonds is 6. The Bertz CT molecular complexity index is 466. The second kappa shape index (κ2) is 7.04. The van der Waals surface area contributed by atoms with Crippen LogP contribution < -0.4 is 0 Å². The standard InChI is InChI=1S/C14H17F2NO2S/c15-14(16)20-12-7-2-1-6-11(12)13(19)17(8-9-18)10-4-3-5-10/h1-2,6-7,10,14,18H,3-5,8-9H2. The van der Waals surface area contributed by atoms with Crippen molar-refractivity contribution >= 4 is 17.7 Å². The number of thioether (sulfide) groups is 1. The van der Waals surface area contributed by atoms with Gasteiger partial charge >= 0.3 is 0 Å². The number of aliphatic hydroxyl groups is 1. The number of aliphatic hydroxyl groups excluding tert-OH is 1. The quantitative estimate of drug-likeness (QED) is 0.821. The molecule has 3 nitrogen and oxygen atoms in total. The first kappa shape index (κ1) is 15.3. The second-order valence-electron chi connectivity index (χ2n) is 4.68. The van der Waals surface area contributed by atoms with Crippen molar-refractivity contribution in [3.8, 4) is 0 Å². The van der Waals surface area contributed by atoms with E-state index in [2.05, 4.69) is 0 Å². The van der Waals surface area contributed by atoms with Crippen LogP contribution in [0.3, 0.4) is 0 Å². The van der Waals surface area contributed by atoms with Gasteiger partial charge in [0.25, 0.3) is 11.7 Å². The van der Waals surface area contributed by atoms with E-state index in [0.29, 0.717) is 11.8 Å². The van der Waals surface area contributed by atoms with Crippen molar-refractivity contribution < 1.29 is 18.7 Å². The summed E-state index contributed by atoms with van der Waals surface area (Å²) in [6.45, 7) is 0.129. The van der Waals surface area contributed by atoms with Crippen LogP contribution in [0.15, 0.2) is 29.2 Å². The van der Waals surface area contributed by atoms with Crippen molar-refractivity contribution in [3.05, 3.63) is 29.8 Å². The molecule has 1 aromatic rings. The summed E-state index contributed by atoms with van der Waals surface area (Å²) in [7, 11) is 0. The van der Waals surface area contributed by atoms with Crippen molar-refractivity contribution in [3.63, 3.8) is 0 Å². The van der Waals surface area contributed by atoms with Crippen molar-refractivity contribution in [1.29, 1.82) is 0 Å². The Hall–Kier alpha value is -1.14. The summed E-state index contributed by atoms with van der Waals surface area (Å²) in [5.74, 6) is -2.83. The minimum absolute atomic E-state index is 0.119. The zero-order valence-electron chi connectivity index (χ0n) is 11.0. The number of carbonyl (C=O) groups is 1. The molecule has 1 aliphatic carbocycles. The van der Waals surface area contributed by atoms with Gasteiger partial charge in [-0.25, -0.2) is 0 Å². The largest absolute Gasteiger partial charge is 0.395 e. The fraction of sp³-hybridized carbons (Fsp3) is 0.500. The monoisotopic (exact) mass is 301 g/mol. The maximum Gasteiger partial charge on any atom is 0.288 e. The van der Waals surface area contributed by atoms with Gasteiger partial charge in [0.2, 0.25) is 0 Å². The molecule has 0 atom stereocenters. The molecule has 0 heterocycles. The van der Waals surface area contributed by atoms with Crippen LogP contribution in [0.4, 0.5) is 8.78 Å². The molecule has 0 aliphatic heterocycles. The van der Waals surface area contributed by atoms with Crippen molar-refractivity contribution in [2.24, 2.45) is 0 Å². The Morgan fingerprint density at radius 2 is 2.10 bits per heavy atom. The average molecular weight is 301 g/mol. The normalized spacial score (nSPS) is 15.2. The van der Waals surface area contributed by atoms with E-state index in [1.807, 2.05) is 0 Å². The molecule has 0 radical (unpaired) electrons. The van der Waals surface area contributed by atoms with Gasteiger partial charge in [-0.2, -0.15) is 8.78 Å². The fourth-order valence-electron chi connectivity index (χ4n) is 2.25. The third kappa shape index (κ3) is 3.49. The number of amides is 1. The minimum atomic E-state index is -2.56. The SMILES string of the molecule is O=C(c1ccccc1SC(F)F)N(CCO)C1CCC1. The zero-order valence-corrected chi connectivity index (χ0v) is 11.8. The molecule has 1 N–H and O–H groups in total. The number of halogens is 2. The van der Waals surface area contributed by atoms with Crippen LogP contribution >= 0.6 is 11.8 Å². The molecule has 1 saturated carbocycles. The molecule has 1 fully saturated rings. The molecule has 1 aliphatic rings. The lowest BCUT2D eigenvalue weighted by Gasteiger charge is -2.37. The summed E-state index contributed by atoms with van der Waals surface area (Å²) < 4.78 is 25.1. The van der Waals surface area contributed by atoms with Crippen molar-refractivity contribution in [2.75, 3.05) is 13.2 Å². The molecule has 20 heavy (non-hydrogen) atoms. The number of alkyl halides is 2. The number of nitrogens with zero attached hydrogens (tertiary/aromatic N) is 1. The van der Waals surface area contributed by atoms with E-state index in [-0.39, 0.29) is 35.6 Å². The Labute approximate surface area is 121 Å². The lowest BCUT2D eigenvalue weighted by Crippen LogP contribution is -2.45. The Balaban J connectivity index is 2.21. The van der Waals surface area contributed by atoms with Gasteiger partial charge in [0.15, 0.2) is 0 Å². The molecule has 0 spiro atoms. The lowest BCUT2D eigenvalue weighted by molar-refractivity contribution is 0.0522. The summed E-state index contributed by atoms with van der Waals surface area (Å²) in [6.07, 6.45) is 2.89. The summed E-state index contributed by atoms with van der Waals surface area (Å²) in [4.78, 5) is 14.4. The molecule has 0 saturated heterocycles. The van der Waals surface area contributed by atoms with Crippen molar-refractivity contribution in [2.45, 2.75) is 36.0 Å². The molecule has 110 valence electrons. The van der Waals surface area contributed by atoms with Gasteiger partial charge in [0.1, 0.15) is 0 Å². The summed E-state index contributed by atoms with van der Waals surface area (Å²) in [5.41, 5.74) is 0.290. The second-order valence-corrected chi connectivity index (χ2v) is 5.71. The molecular weight excluding hydrogens is 284 g/mol. The molecule has 0 bridgehead atoms. The molecule has 1 aromatic carbocycles. The van der Waals surface area contributed by atoms with E-state index >= 15 is 0 Å². The highest BCUT2D eigenvalue weighted by Crippen LogP contribution is 2.31. The van der Waals surface area contributed by atoms with Crippen LogP contribution in [0.2, 0.25) is 0 Å². The highest BCUT2D eigenvalue weighted by Gasteiger charge is 2.30. The minimum Gasteiger partial charge on any atom is -0.395 e. The summed E-state index contributed by atoms with van der Waals surface area (Å²) in [5, 5.41) is 9.10. The Kier molecular flexibility index (Phi) is 5.37. The fourth-order valence-corrected chi connectivity index (χ4v) is 2.88. The van der Waals surface area contributed by atoms with Gasteiger partial charge in [-0.3, -0.25) is 4.79 Å². The van der Waals surface area contributed by atoms with Crippen LogP contribution in [0.1, 0.15) is 29.6 Å². The summed E-state index contributed by atoms with van der Waals surface area (Å²) >= 11 is 0.383. The van der Waals surface area contributed by atoms with E-state index in [9.17, 15) is 13.6 Å². The zero-order chi connectivity index (χ0) is 14.5. The number of hydrogen-bond donors (Lipinski definition) is 1. The highest BCUT2D eigenvalue weighted by atomic mass is 32.2. The third-order valence-corrected chi connectivity index (χ3v) is 4.24. The predicted octanol–water partition coefficient (Wildman–Crippen LogP) is 2.99. The van der Waals surface area contributed by atoms with Gasteiger partial charge in [0.05, 0.1) is 12.2 Å². The number of hydrogen-bond acceptors (Lipinski definition) is 3. The maximum absolute atomic E-state index is 12.5. The molecular formula is C14H17F2NO2S. The first-order valence-electron chi connectivity index (χ1n) is 6.59. The molecule has 6 heteroatoms. The van der Waals surface area contributed by atoms with E-state index < -0.39 is 5.76 Å². The van der Waals surface area contributed by atoms with Crippen LogP contribution in [-0.4, -0.2) is 40.9 Å². The van der Waals surface area contributed by atoms with Gasteiger partial charge < -0.3 is 10.0 Å². The molecule has 2 rings (SSSR count). The predicted molar refractivity (Wildman–Crippen MR) is 74.1 cm³/mol. The van der Waals surface area contributed by atoms with Crippen LogP contribution in [0.5, 0.6) is 0 Å². The molecule has 1 amide bonds. The van der Waals surface area contributed by atoms with Crippen LogP contribution in [0, 0.1) is 0 Å². The van der Waals surface area contributed by atoms with Gasteiger partial charge in [0, 0.05) is 17.5 Å². The van der Waals surface area contributed by atoms with Gasteiger partial charge in [-0.15, -0.1) is 0 Å². The first-order valence-corrected chi connectivity index (χ1v) is 7.47. The Morgan fingerprint density at radius 1 is 1.40 bits per heavy atom. The van der Waals surface area contributed by atoms with Crippen LogP contribution in [-0.2, 0) is 0 Å². The lowest BCUT2D eigenvalue weighted by atomic mass is 9.91. The van der Waals surface area contributed by atoms with E-state index in [0.717, 1.165) is 19.3 Å². The number of benzene rings is 1. The van der Waals surface area contributed by atoms with E-state index in [4.69, 9.17) is 5.11 Å². The molecule has 0 aromatic heterocycles. The Morgan fingerprint density at radius 3 is 2.65 bits per heavy atom. The maximum atomic E-state index is 12.5. The van der Waals surface area contributed by atoms with E-state index in [1.165, 1.54) is 6.07 Å². The first-order chi connectivity index (χ1) is 9.63. The van der Waals surface area contributed by atoms with Crippen LogP contribution in [0.25, 0.3) is 0 Å².